The highest BCUT2D eigenvalue weighted by Crippen LogP contribution is 2.39. The number of aliphatic carboxylic acids is 1. The Morgan fingerprint density at radius 1 is 1.40 bits per heavy atom. The van der Waals surface area contributed by atoms with Crippen LogP contribution in [-0.4, -0.2) is 21.2 Å². The van der Waals surface area contributed by atoms with Gasteiger partial charge in [0, 0.05) is 17.5 Å². The molecule has 0 bridgehead atoms. The average molecular weight is 287 g/mol. The van der Waals surface area contributed by atoms with Crippen molar-refractivity contribution in [3.63, 3.8) is 0 Å². The fourth-order valence-corrected chi connectivity index (χ4v) is 3.38. The molecule has 1 atom stereocenters. The molecule has 4 nitrogen and oxygen atoms in total. The lowest BCUT2D eigenvalue weighted by atomic mass is 10.00. The predicted octanol–water partition coefficient (Wildman–Crippen LogP) is 2.45. The van der Waals surface area contributed by atoms with E-state index in [2.05, 4.69) is 4.98 Å². The summed E-state index contributed by atoms with van der Waals surface area (Å²) in [6, 6.07) is 9.26. The van der Waals surface area contributed by atoms with Crippen molar-refractivity contribution in [1.29, 1.82) is 0 Å². The number of aromatic nitrogens is 1. The van der Waals surface area contributed by atoms with E-state index < -0.39 is 12.1 Å². The molecular formula is C15H13NO3S. The number of aliphatic hydroxyl groups excluding tert-OH is 1. The van der Waals surface area contributed by atoms with Crippen LogP contribution in [0, 0.1) is 0 Å². The molecule has 1 aliphatic rings. The minimum atomic E-state index is -0.870. The van der Waals surface area contributed by atoms with Crippen molar-refractivity contribution in [2.75, 3.05) is 0 Å². The fraction of sp³-hybridized carbons (Fsp3) is 0.200. The summed E-state index contributed by atoms with van der Waals surface area (Å²) in [7, 11) is 0. The van der Waals surface area contributed by atoms with E-state index in [0.717, 1.165) is 21.0 Å². The van der Waals surface area contributed by atoms with Crippen LogP contribution < -0.4 is 0 Å². The van der Waals surface area contributed by atoms with Crippen LogP contribution in [0.4, 0.5) is 0 Å². The van der Waals surface area contributed by atoms with Gasteiger partial charge in [-0.25, -0.2) is 4.98 Å². The van der Waals surface area contributed by atoms with Crippen LogP contribution in [-0.2, 0) is 17.6 Å². The van der Waals surface area contributed by atoms with Crippen LogP contribution in [0.2, 0.25) is 0 Å². The van der Waals surface area contributed by atoms with Gasteiger partial charge in [0.15, 0.2) is 0 Å². The lowest BCUT2D eigenvalue weighted by Crippen LogP contribution is -2.05. The Morgan fingerprint density at radius 2 is 2.25 bits per heavy atom. The minimum Gasteiger partial charge on any atom is -0.481 e. The zero-order valence-electron chi connectivity index (χ0n) is 10.6. The third-order valence-corrected chi connectivity index (χ3v) is 4.41. The van der Waals surface area contributed by atoms with Gasteiger partial charge in [0.25, 0.3) is 0 Å². The molecule has 0 amide bonds. The van der Waals surface area contributed by atoms with E-state index in [9.17, 15) is 9.90 Å². The van der Waals surface area contributed by atoms with E-state index in [1.165, 1.54) is 11.8 Å². The topological polar surface area (TPSA) is 70.4 Å². The van der Waals surface area contributed by atoms with Crippen molar-refractivity contribution >= 4 is 17.7 Å². The van der Waals surface area contributed by atoms with Gasteiger partial charge in [0.2, 0.25) is 0 Å². The predicted molar refractivity (Wildman–Crippen MR) is 74.8 cm³/mol. The van der Waals surface area contributed by atoms with E-state index in [-0.39, 0.29) is 6.42 Å². The number of aliphatic hydroxyl groups is 1. The molecule has 5 heteroatoms. The summed E-state index contributed by atoms with van der Waals surface area (Å²) in [4.78, 5) is 16.1. The molecule has 2 N–H and O–H groups in total. The summed E-state index contributed by atoms with van der Waals surface area (Å²) >= 11 is 1.52. The normalized spacial score (nSPS) is 16.9. The summed E-state index contributed by atoms with van der Waals surface area (Å²) in [5.74, 6) is -0.870. The first kappa shape index (κ1) is 13.1. The maximum Gasteiger partial charge on any atom is 0.307 e. The molecule has 0 spiro atoms. The van der Waals surface area contributed by atoms with Crippen molar-refractivity contribution in [2.45, 2.75) is 28.9 Å². The molecule has 20 heavy (non-hydrogen) atoms. The van der Waals surface area contributed by atoms with E-state index in [0.29, 0.717) is 12.0 Å². The SMILES string of the molecule is O=C(O)Cc1ccc2c(c1)C(O)Cc1cccnc1S2. The van der Waals surface area contributed by atoms with Crippen LogP contribution in [0.1, 0.15) is 22.8 Å². The van der Waals surface area contributed by atoms with Gasteiger partial charge in [0.05, 0.1) is 12.5 Å². The minimum absolute atomic E-state index is 0.0319. The Kier molecular flexibility index (Phi) is 3.46. The molecule has 0 saturated carbocycles. The summed E-state index contributed by atoms with van der Waals surface area (Å²) < 4.78 is 0. The molecule has 2 heterocycles. The van der Waals surface area contributed by atoms with Crippen LogP contribution in [0.25, 0.3) is 0 Å². The largest absolute Gasteiger partial charge is 0.481 e. The fourth-order valence-electron chi connectivity index (χ4n) is 2.33. The van der Waals surface area contributed by atoms with Crippen LogP contribution in [0.3, 0.4) is 0 Å². The second-order valence-corrected chi connectivity index (χ2v) is 5.76. The second kappa shape index (κ2) is 5.26. The zero-order valence-corrected chi connectivity index (χ0v) is 11.4. The number of fused-ring (bicyclic) bond motifs is 2. The Hall–Kier alpha value is -1.85. The molecule has 102 valence electrons. The monoisotopic (exact) mass is 287 g/mol. The van der Waals surface area contributed by atoms with Gasteiger partial charge < -0.3 is 10.2 Å². The number of rotatable bonds is 2. The van der Waals surface area contributed by atoms with Gasteiger partial charge in [-0.1, -0.05) is 30.0 Å². The first-order chi connectivity index (χ1) is 9.63. The van der Waals surface area contributed by atoms with Gasteiger partial charge in [-0.15, -0.1) is 0 Å². The molecule has 2 aromatic rings. The third-order valence-electron chi connectivity index (χ3n) is 3.26. The van der Waals surface area contributed by atoms with Crippen LogP contribution >= 0.6 is 11.8 Å². The van der Waals surface area contributed by atoms with E-state index >= 15 is 0 Å². The summed E-state index contributed by atoms with van der Waals surface area (Å²) in [5.41, 5.74) is 2.50. The number of carboxylic acid groups (broad SMARTS) is 1. The van der Waals surface area contributed by atoms with Gasteiger partial charge in [-0.3, -0.25) is 4.79 Å². The van der Waals surface area contributed by atoms with E-state index in [1.807, 2.05) is 18.2 Å². The smallest absolute Gasteiger partial charge is 0.307 e. The third kappa shape index (κ3) is 2.55. The Bertz CT molecular complexity index is 672. The van der Waals surface area contributed by atoms with Gasteiger partial charge in [0.1, 0.15) is 5.03 Å². The van der Waals surface area contributed by atoms with Gasteiger partial charge in [-0.05, 0) is 28.8 Å². The first-order valence-electron chi connectivity index (χ1n) is 6.28. The van der Waals surface area contributed by atoms with Crippen molar-refractivity contribution in [2.24, 2.45) is 0 Å². The maximum atomic E-state index is 10.8. The van der Waals surface area contributed by atoms with Gasteiger partial charge >= 0.3 is 5.97 Å². The van der Waals surface area contributed by atoms with Gasteiger partial charge in [-0.2, -0.15) is 0 Å². The molecular weight excluding hydrogens is 274 g/mol. The lowest BCUT2D eigenvalue weighted by Gasteiger charge is -2.12. The standard InChI is InChI=1S/C15H13NO3S/c17-12-8-10-2-1-5-16-15(10)20-13-4-3-9(6-11(12)13)7-14(18)19/h1-6,12,17H,7-8H2,(H,18,19). The molecule has 0 radical (unpaired) electrons. The number of pyridine rings is 1. The highest BCUT2D eigenvalue weighted by molar-refractivity contribution is 7.99. The second-order valence-electron chi connectivity index (χ2n) is 4.73. The summed E-state index contributed by atoms with van der Waals surface area (Å²) in [6.45, 7) is 0. The number of hydrogen-bond donors (Lipinski definition) is 2. The van der Waals surface area contributed by atoms with Crippen LogP contribution in [0.5, 0.6) is 0 Å². The average Bonchev–Trinajstić information content (AvgIpc) is 2.54. The molecule has 0 saturated heterocycles. The van der Waals surface area contributed by atoms with E-state index in [1.54, 1.807) is 18.3 Å². The molecule has 0 fully saturated rings. The first-order valence-corrected chi connectivity index (χ1v) is 7.09. The highest BCUT2D eigenvalue weighted by Gasteiger charge is 2.22. The molecule has 0 aliphatic carbocycles. The van der Waals surface area contributed by atoms with E-state index in [4.69, 9.17) is 5.11 Å². The molecule has 1 aliphatic heterocycles. The molecule has 3 rings (SSSR count). The number of carboxylic acids is 1. The van der Waals surface area contributed by atoms with Crippen molar-refractivity contribution in [1.82, 2.24) is 4.98 Å². The van der Waals surface area contributed by atoms with Crippen LogP contribution in [0.15, 0.2) is 46.5 Å². The molecule has 1 aromatic carbocycles. The molecule has 1 aromatic heterocycles. The number of carbonyl (C=O) groups is 1. The Labute approximate surface area is 120 Å². The number of nitrogens with zero attached hydrogens (tertiary/aromatic N) is 1. The zero-order chi connectivity index (χ0) is 14.1. The highest BCUT2D eigenvalue weighted by atomic mass is 32.2. The van der Waals surface area contributed by atoms with Crippen molar-refractivity contribution in [3.8, 4) is 0 Å². The van der Waals surface area contributed by atoms with Crippen molar-refractivity contribution < 1.29 is 15.0 Å². The van der Waals surface area contributed by atoms with Crippen molar-refractivity contribution in [3.05, 3.63) is 53.2 Å². The lowest BCUT2D eigenvalue weighted by molar-refractivity contribution is -0.136. The Balaban J connectivity index is 2.02. The maximum absolute atomic E-state index is 10.8. The Morgan fingerprint density at radius 3 is 3.05 bits per heavy atom. The number of benzene rings is 1. The summed E-state index contributed by atoms with van der Waals surface area (Å²) in [5, 5.41) is 20.1. The quantitative estimate of drug-likeness (QED) is 0.888. The molecule has 1 unspecified atom stereocenters. The summed E-state index contributed by atoms with van der Waals surface area (Å²) in [6.07, 6.45) is 1.58. The number of hydrogen-bond acceptors (Lipinski definition) is 4.